The quantitative estimate of drug-likeness (QED) is 0.381. The van der Waals surface area contributed by atoms with E-state index in [0.29, 0.717) is 0 Å². The molecule has 3 rings (SSSR count). The lowest BCUT2D eigenvalue weighted by molar-refractivity contribution is 0.865. The Morgan fingerprint density at radius 3 is 2.00 bits per heavy atom. The maximum Gasteiger partial charge on any atom is 0.0652 e. The van der Waals surface area contributed by atoms with Gasteiger partial charge < -0.3 is 4.90 Å². The van der Waals surface area contributed by atoms with E-state index in [9.17, 15) is 0 Å². The monoisotopic (exact) mass is 357 g/mol. The molecule has 0 aliphatic heterocycles. The first-order chi connectivity index (χ1) is 13.2. The molecule has 3 aromatic rings. The van der Waals surface area contributed by atoms with E-state index in [4.69, 9.17) is 5.10 Å². The molecular weight excluding hydrogens is 330 g/mol. The van der Waals surface area contributed by atoms with Crippen molar-refractivity contribution in [3.63, 3.8) is 0 Å². The Balaban J connectivity index is 1.99. The van der Waals surface area contributed by atoms with Crippen LogP contribution in [0, 0.1) is 6.92 Å². The molecule has 0 saturated heterocycles. The fourth-order valence-electron chi connectivity index (χ4n) is 3.11. The van der Waals surface area contributed by atoms with E-state index < -0.39 is 0 Å². The lowest BCUT2D eigenvalue weighted by atomic mass is 10.1. The van der Waals surface area contributed by atoms with E-state index in [2.05, 4.69) is 86.3 Å². The number of anilines is 3. The maximum atomic E-state index is 4.86. The normalized spacial score (nSPS) is 10.9. The Hall–Kier alpha value is -3.07. The van der Waals surface area contributed by atoms with Gasteiger partial charge in [-0.05, 0) is 51.1 Å². The first-order valence-corrected chi connectivity index (χ1v) is 9.52. The lowest BCUT2D eigenvalue weighted by Gasteiger charge is -2.23. The van der Waals surface area contributed by atoms with Crippen LogP contribution in [0.5, 0.6) is 0 Å². The maximum absolute atomic E-state index is 4.86. The highest BCUT2D eigenvalue weighted by molar-refractivity contribution is 5.89. The molecule has 3 nitrogen and oxygen atoms in total. The number of nitrogens with zero attached hydrogens (tertiary/aromatic N) is 3. The summed E-state index contributed by atoms with van der Waals surface area (Å²) < 4.78 is 0. The molecule has 0 aliphatic carbocycles. The van der Waals surface area contributed by atoms with Crippen molar-refractivity contribution in [1.29, 1.82) is 0 Å². The minimum atomic E-state index is 0.974. The largest absolute Gasteiger partial charge is 0.372 e. The molecular formula is C24H27N3. The van der Waals surface area contributed by atoms with Crippen LogP contribution in [-0.4, -0.2) is 19.3 Å². The van der Waals surface area contributed by atoms with E-state index in [1.54, 1.807) is 0 Å². The zero-order valence-electron chi connectivity index (χ0n) is 16.3. The molecule has 0 saturated carbocycles. The Morgan fingerprint density at radius 1 is 0.741 bits per heavy atom. The van der Waals surface area contributed by atoms with Crippen LogP contribution in [-0.2, 0) is 0 Å². The van der Waals surface area contributed by atoms with Gasteiger partial charge in [-0.2, -0.15) is 5.10 Å². The fourth-order valence-corrected chi connectivity index (χ4v) is 3.11. The van der Waals surface area contributed by atoms with Crippen molar-refractivity contribution >= 4 is 23.3 Å². The van der Waals surface area contributed by atoms with Gasteiger partial charge in [0, 0.05) is 24.3 Å². The second kappa shape index (κ2) is 9.04. The Morgan fingerprint density at radius 2 is 1.33 bits per heavy atom. The van der Waals surface area contributed by atoms with Crippen molar-refractivity contribution in [3.05, 3.63) is 90.0 Å². The van der Waals surface area contributed by atoms with E-state index in [1.807, 2.05) is 29.4 Å². The standard InChI is InChI=1S/C24H27N3/c1-4-26(5-2)24-14-10-9-11-21(24)19-25-27(22-12-7-6-8-13-22)23-17-15-20(3)16-18-23/h6-19H,4-5H2,1-3H3. The van der Waals surface area contributed by atoms with Gasteiger partial charge in [0.2, 0.25) is 0 Å². The number of benzene rings is 3. The molecule has 0 fully saturated rings. The lowest BCUT2D eigenvalue weighted by Crippen LogP contribution is -2.23. The van der Waals surface area contributed by atoms with Crippen molar-refractivity contribution in [3.8, 4) is 0 Å². The molecule has 0 unspecified atom stereocenters. The Labute approximate surface area is 162 Å². The van der Waals surface area contributed by atoms with Crippen molar-refractivity contribution < 1.29 is 0 Å². The smallest absolute Gasteiger partial charge is 0.0652 e. The van der Waals surface area contributed by atoms with Crippen LogP contribution in [0.1, 0.15) is 25.0 Å². The summed E-state index contributed by atoms with van der Waals surface area (Å²) >= 11 is 0. The minimum Gasteiger partial charge on any atom is -0.372 e. The highest BCUT2D eigenvalue weighted by Crippen LogP contribution is 2.26. The van der Waals surface area contributed by atoms with Gasteiger partial charge in [0.05, 0.1) is 17.6 Å². The summed E-state index contributed by atoms with van der Waals surface area (Å²) in [5.74, 6) is 0. The molecule has 0 aromatic heterocycles. The van der Waals surface area contributed by atoms with Gasteiger partial charge in [0.25, 0.3) is 0 Å². The van der Waals surface area contributed by atoms with Crippen LogP contribution in [0.3, 0.4) is 0 Å². The highest BCUT2D eigenvalue weighted by Gasteiger charge is 2.09. The number of para-hydroxylation sites is 2. The SMILES string of the molecule is CCN(CC)c1ccccc1C=NN(c1ccccc1)c1ccc(C)cc1. The average Bonchev–Trinajstić information content (AvgIpc) is 2.72. The molecule has 0 aliphatic rings. The molecule has 0 bridgehead atoms. The first kappa shape index (κ1) is 18.7. The second-order valence-corrected chi connectivity index (χ2v) is 6.46. The average molecular weight is 358 g/mol. The molecule has 0 N–H and O–H groups in total. The highest BCUT2D eigenvalue weighted by atomic mass is 15.5. The molecule has 0 amide bonds. The van der Waals surface area contributed by atoms with Gasteiger partial charge >= 0.3 is 0 Å². The molecule has 0 heterocycles. The third kappa shape index (κ3) is 4.56. The van der Waals surface area contributed by atoms with Gasteiger partial charge in [0.15, 0.2) is 0 Å². The Kier molecular flexibility index (Phi) is 6.26. The van der Waals surface area contributed by atoms with Crippen LogP contribution < -0.4 is 9.91 Å². The zero-order chi connectivity index (χ0) is 19.1. The molecule has 138 valence electrons. The Bertz CT molecular complexity index is 866. The number of hydrazone groups is 1. The van der Waals surface area contributed by atoms with Crippen molar-refractivity contribution in [2.75, 3.05) is 23.0 Å². The number of aryl methyl sites for hydroxylation is 1. The summed E-state index contributed by atoms with van der Waals surface area (Å²) in [4.78, 5) is 2.35. The predicted octanol–water partition coefficient (Wildman–Crippen LogP) is 6.01. The van der Waals surface area contributed by atoms with Crippen molar-refractivity contribution in [1.82, 2.24) is 0 Å². The molecule has 0 radical (unpaired) electrons. The topological polar surface area (TPSA) is 18.8 Å². The summed E-state index contributed by atoms with van der Waals surface area (Å²) in [6.07, 6.45) is 1.96. The van der Waals surface area contributed by atoms with Gasteiger partial charge in [0.1, 0.15) is 0 Å². The van der Waals surface area contributed by atoms with Crippen LogP contribution in [0.2, 0.25) is 0 Å². The van der Waals surface area contributed by atoms with E-state index in [-0.39, 0.29) is 0 Å². The third-order valence-corrected chi connectivity index (χ3v) is 4.63. The van der Waals surface area contributed by atoms with E-state index in [0.717, 1.165) is 30.0 Å². The van der Waals surface area contributed by atoms with Crippen LogP contribution in [0.15, 0.2) is 84.0 Å². The van der Waals surface area contributed by atoms with E-state index >= 15 is 0 Å². The molecule has 27 heavy (non-hydrogen) atoms. The van der Waals surface area contributed by atoms with Gasteiger partial charge in [-0.1, -0.05) is 54.1 Å². The van der Waals surface area contributed by atoms with Gasteiger partial charge in [-0.3, -0.25) is 0 Å². The van der Waals surface area contributed by atoms with E-state index in [1.165, 1.54) is 11.3 Å². The van der Waals surface area contributed by atoms with Crippen molar-refractivity contribution in [2.45, 2.75) is 20.8 Å². The molecule has 0 spiro atoms. The predicted molar refractivity (Wildman–Crippen MR) is 117 cm³/mol. The molecule has 3 heteroatoms. The minimum absolute atomic E-state index is 0.974. The fraction of sp³-hybridized carbons (Fsp3) is 0.208. The zero-order valence-corrected chi connectivity index (χ0v) is 16.3. The third-order valence-electron chi connectivity index (χ3n) is 4.63. The summed E-state index contributed by atoms with van der Waals surface area (Å²) in [7, 11) is 0. The van der Waals surface area contributed by atoms with Crippen LogP contribution in [0.25, 0.3) is 0 Å². The summed E-state index contributed by atoms with van der Waals surface area (Å²) in [5, 5.41) is 6.84. The van der Waals surface area contributed by atoms with Crippen molar-refractivity contribution in [2.24, 2.45) is 5.10 Å². The number of rotatable bonds is 7. The van der Waals surface area contributed by atoms with Crippen LogP contribution >= 0.6 is 0 Å². The second-order valence-electron chi connectivity index (χ2n) is 6.46. The first-order valence-electron chi connectivity index (χ1n) is 9.52. The summed E-state index contributed by atoms with van der Waals surface area (Å²) in [5.41, 5.74) is 5.65. The van der Waals surface area contributed by atoms with Gasteiger partial charge in [-0.15, -0.1) is 0 Å². The molecule has 0 atom stereocenters. The number of hydrogen-bond donors (Lipinski definition) is 0. The molecule has 3 aromatic carbocycles. The summed E-state index contributed by atoms with van der Waals surface area (Å²) in [6.45, 7) is 8.41. The number of hydrogen-bond acceptors (Lipinski definition) is 3. The summed E-state index contributed by atoms with van der Waals surface area (Å²) in [6, 6.07) is 27.1. The van der Waals surface area contributed by atoms with Gasteiger partial charge in [-0.25, -0.2) is 5.01 Å². The van der Waals surface area contributed by atoms with Crippen LogP contribution in [0.4, 0.5) is 17.1 Å².